The quantitative estimate of drug-likeness (QED) is 0.676. The normalized spacial score (nSPS) is 13.6. The van der Waals surface area contributed by atoms with Gasteiger partial charge in [0.05, 0.1) is 18.8 Å². The third kappa shape index (κ3) is 5.50. The lowest BCUT2D eigenvalue weighted by Crippen LogP contribution is -2.36. The Morgan fingerprint density at radius 3 is 2.13 bits per heavy atom. The number of nitrogens with one attached hydrogen (secondary N) is 2. The average molecular weight is 420 g/mol. The average Bonchev–Trinajstić information content (AvgIpc) is 3.23. The second-order valence-corrected chi connectivity index (χ2v) is 7.23. The minimum atomic E-state index is -1.66. The molecule has 9 heteroatoms. The summed E-state index contributed by atoms with van der Waals surface area (Å²) < 4.78 is 39.8. The first kappa shape index (κ1) is 21.6. The number of nitrogens with zero attached hydrogens (tertiary/aromatic N) is 2. The Morgan fingerprint density at radius 1 is 0.900 bits per heavy atom. The van der Waals surface area contributed by atoms with E-state index in [0.29, 0.717) is 5.69 Å². The van der Waals surface area contributed by atoms with Crippen molar-refractivity contribution in [2.45, 2.75) is 12.8 Å². The summed E-state index contributed by atoms with van der Waals surface area (Å²) >= 11 is 0. The molecule has 2 amide bonds. The first-order valence-electron chi connectivity index (χ1n) is 9.60. The van der Waals surface area contributed by atoms with Crippen LogP contribution in [0.15, 0.2) is 36.4 Å². The number of carbonyl (C=O) groups is 2. The molecule has 0 spiro atoms. The summed E-state index contributed by atoms with van der Waals surface area (Å²) in [6.45, 7) is 1.75. The van der Waals surface area contributed by atoms with Crippen molar-refractivity contribution in [2.75, 3.05) is 48.8 Å². The van der Waals surface area contributed by atoms with Gasteiger partial charge in [0.25, 0.3) is 0 Å². The van der Waals surface area contributed by atoms with Gasteiger partial charge in [-0.25, -0.2) is 13.2 Å². The maximum atomic E-state index is 13.6. The van der Waals surface area contributed by atoms with Crippen LogP contribution in [0.25, 0.3) is 0 Å². The van der Waals surface area contributed by atoms with Gasteiger partial charge in [0, 0.05) is 24.5 Å². The molecule has 1 heterocycles. The molecule has 1 fully saturated rings. The Morgan fingerprint density at radius 2 is 1.50 bits per heavy atom. The van der Waals surface area contributed by atoms with Gasteiger partial charge in [-0.2, -0.15) is 0 Å². The van der Waals surface area contributed by atoms with Crippen molar-refractivity contribution < 1.29 is 22.8 Å². The standard InChI is InChI=1S/C21H23F3N4O2/c1-27(13-19(30)26-17-9-8-16(22)20(23)21(17)24)12-18(29)25-14-4-6-15(7-5-14)28-10-2-3-11-28/h4-9H,2-3,10-13H2,1H3,(H,25,29)(H,26,30). The summed E-state index contributed by atoms with van der Waals surface area (Å²) in [4.78, 5) is 27.9. The van der Waals surface area contributed by atoms with Crippen LogP contribution in [0.3, 0.4) is 0 Å². The van der Waals surface area contributed by atoms with Gasteiger partial charge in [0.1, 0.15) is 0 Å². The van der Waals surface area contributed by atoms with Crippen LogP contribution in [0, 0.1) is 17.5 Å². The maximum Gasteiger partial charge on any atom is 0.238 e. The van der Waals surface area contributed by atoms with Crippen LogP contribution >= 0.6 is 0 Å². The number of likely N-dealkylation sites (N-methyl/N-ethyl adjacent to an activating group) is 1. The number of halogens is 3. The van der Waals surface area contributed by atoms with Gasteiger partial charge in [0.15, 0.2) is 17.5 Å². The number of benzene rings is 2. The Bertz CT molecular complexity index is 915. The molecule has 1 aliphatic rings. The molecule has 30 heavy (non-hydrogen) atoms. The summed E-state index contributed by atoms with van der Waals surface area (Å²) in [6.07, 6.45) is 2.36. The van der Waals surface area contributed by atoms with Crippen molar-refractivity contribution in [3.8, 4) is 0 Å². The largest absolute Gasteiger partial charge is 0.372 e. The zero-order valence-corrected chi connectivity index (χ0v) is 16.6. The van der Waals surface area contributed by atoms with Crippen LogP contribution in [-0.2, 0) is 9.59 Å². The van der Waals surface area contributed by atoms with E-state index in [-0.39, 0.29) is 19.0 Å². The van der Waals surface area contributed by atoms with Gasteiger partial charge < -0.3 is 15.5 Å². The van der Waals surface area contributed by atoms with E-state index >= 15 is 0 Å². The zero-order valence-electron chi connectivity index (χ0n) is 16.6. The van der Waals surface area contributed by atoms with Gasteiger partial charge in [-0.05, 0) is 56.3 Å². The maximum absolute atomic E-state index is 13.6. The fraction of sp³-hybridized carbons (Fsp3) is 0.333. The minimum Gasteiger partial charge on any atom is -0.372 e. The van der Waals surface area contributed by atoms with Crippen molar-refractivity contribution in [1.82, 2.24) is 4.90 Å². The summed E-state index contributed by atoms with van der Waals surface area (Å²) in [6, 6.07) is 9.21. The van der Waals surface area contributed by atoms with E-state index in [2.05, 4.69) is 15.5 Å². The van der Waals surface area contributed by atoms with Crippen molar-refractivity contribution in [3.05, 3.63) is 53.8 Å². The molecular formula is C21H23F3N4O2. The zero-order chi connectivity index (χ0) is 21.7. The molecule has 2 aromatic carbocycles. The van der Waals surface area contributed by atoms with Crippen LogP contribution in [0.5, 0.6) is 0 Å². The van der Waals surface area contributed by atoms with Crippen LogP contribution in [0.1, 0.15) is 12.8 Å². The lowest BCUT2D eigenvalue weighted by Gasteiger charge is -2.18. The van der Waals surface area contributed by atoms with Crippen LogP contribution < -0.4 is 15.5 Å². The molecule has 0 bridgehead atoms. The molecule has 1 aliphatic heterocycles. The molecule has 1 saturated heterocycles. The van der Waals surface area contributed by atoms with Crippen LogP contribution in [0.4, 0.5) is 30.2 Å². The molecule has 0 unspecified atom stereocenters. The highest BCUT2D eigenvalue weighted by Gasteiger charge is 2.17. The monoisotopic (exact) mass is 420 g/mol. The second kappa shape index (κ2) is 9.62. The van der Waals surface area contributed by atoms with Crippen molar-refractivity contribution in [2.24, 2.45) is 0 Å². The van der Waals surface area contributed by atoms with Crippen LogP contribution in [-0.4, -0.2) is 49.9 Å². The molecule has 160 valence electrons. The van der Waals surface area contributed by atoms with Crippen molar-refractivity contribution >= 4 is 28.9 Å². The molecule has 0 aromatic heterocycles. The Balaban J connectivity index is 1.47. The number of rotatable bonds is 7. The highest BCUT2D eigenvalue weighted by molar-refractivity contribution is 5.94. The SMILES string of the molecule is CN(CC(=O)Nc1ccc(N2CCCC2)cc1)CC(=O)Nc1ccc(F)c(F)c1F. The smallest absolute Gasteiger partial charge is 0.238 e. The van der Waals surface area contributed by atoms with Crippen molar-refractivity contribution in [3.63, 3.8) is 0 Å². The number of amides is 2. The van der Waals surface area contributed by atoms with E-state index in [9.17, 15) is 22.8 Å². The van der Waals surface area contributed by atoms with E-state index in [1.165, 1.54) is 24.8 Å². The van der Waals surface area contributed by atoms with Crippen LogP contribution in [0.2, 0.25) is 0 Å². The van der Waals surface area contributed by atoms with Gasteiger partial charge >= 0.3 is 0 Å². The molecule has 2 N–H and O–H groups in total. The van der Waals surface area contributed by atoms with Crippen molar-refractivity contribution in [1.29, 1.82) is 0 Å². The predicted octanol–water partition coefficient (Wildman–Crippen LogP) is 3.21. The van der Waals surface area contributed by atoms with E-state index in [1.54, 1.807) is 0 Å². The molecule has 2 aromatic rings. The third-order valence-electron chi connectivity index (χ3n) is 4.76. The first-order valence-corrected chi connectivity index (χ1v) is 9.60. The first-order chi connectivity index (χ1) is 14.3. The molecule has 0 radical (unpaired) electrons. The number of hydrogen-bond acceptors (Lipinski definition) is 4. The van der Waals surface area contributed by atoms with Gasteiger partial charge in [-0.3, -0.25) is 14.5 Å². The minimum absolute atomic E-state index is 0.0818. The van der Waals surface area contributed by atoms with E-state index < -0.39 is 29.0 Å². The summed E-state index contributed by atoms with van der Waals surface area (Å²) in [5.74, 6) is -5.45. The van der Waals surface area contributed by atoms with E-state index in [4.69, 9.17) is 0 Å². The second-order valence-electron chi connectivity index (χ2n) is 7.23. The Labute approximate surface area is 172 Å². The highest BCUT2D eigenvalue weighted by atomic mass is 19.2. The molecule has 0 saturated carbocycles. The van der Waals surface area contributed by atoms with Gasteiger partial charge in [-0.15, -0.1) is 0 Å². The predicted molar refractivity (Wildman–Crippen MR) is 109 cm³/mol. The number of carbonyl (C=O) groups excluding carboxylic acids is 2. The van der Waals surface area contributed by atoms with E-state index in [0.717, 1.165) is 30.9 Å². The molecule has 0 aliphatic carbocycles. The Kier molecular flexibility index (Phi) is 6.94. The van der Waals surface area contributed by atoms with E-state index in [1.807, 2.05) is 24.3 Å². The molecule has 0 atom stereocenters. The Hall–Kier alpha value is -3.07. The molecule has 6 nitrogen and oxygen atoms in total. The highest BCUT2D eigenvalue weighted by Crippen LogP contribution is 2.22. The molecular weight excluding hydrogens is 397 g/mol. The van der Waals surface area contributed by atoms with Gasteiger partial charge in [0.2, 0.25) is 11.8 Å². The lowest BCUT2D eigenvalue weighted by molar-refractivity contribution is -0.119. The fourth-order valence-corrected chi connectivity index (χ4v) is 3.29. The number of anilines is 3. The van der Waals surface area contributed by atoms with Gasteiger partial charge in [-0.1, -0.05) is 0 Å². The summed E-state index contributed by atoms with van der Waals surface area (Å²) in [7, 11) is 1.54. The fourth-order valence-electron chi connectivity index (χ4n) is 3.29. The molecule has 3 rings (SSSR count). The number of hydrogen-bond donors (Lipinski definition) is 2. The third-order valence-corrected chi connectivity index (χ3v) is 4.76. The lowest BCUT2D eigenvalue weighted by atomic mass is 10.2. The summed E-state index contributed by atoms with van der Waals surface area (Å²) in [5, 5.41) is 4.92. The summed E-state index contributed by atoms with van der Waals surface area (Å²) in [5.41, 5.74) is 1.29. The topological polar surface area (TPSA) is 64.7 Å².